The Morgan fingerprint density at radius 3 is 3.06 bits per heavy atom. The average molecular weight is 395 g/mol. The summed E-state index contributed by atoms with van der Waals surface area (Å²) < 4.78 is 1.91. The van der Waals surface area contributed by atoms with Crippen LogP contribution in [-0.4, -0.2) is 25.0 Å². The molecule has 2 N–H and O–H groups in total. The molecule has 2 rings (SSSR count). The first-order chi connectivity index (χ1) is 7.66. The van der Waals surface area contributed by atoms with Crippen molar-refractivity contribution in [2.45, 2.75) is 12.5 Å². The lowest BCUT2D eigenvalue weighted by Crippen LogP contribution is -2.36. The van der Waals surface area contributed by atoms with Crippen LogP contribution in [0.5, 0.6) is 0 Å². The van der Waals surface area contributed by atoms with Crippen molar-refractivity contribution in [3.63, 3.8) is 0 Å². The highest BCUT2D eigenvalue weighted by atomic mass is 127. The zero-order valence-corrected chi connectivity index (χ0v) is 12.3. The van der Waals surface area contributed by atoms with E-state index in [9.17, 15) is 4.79 Å². The second-order valence-electron chi connectivity index (χ2n) is 3.79. The molecule has 0 spiro atoms. The maximum Gasteiger partial charge on any atom is 0.252 e. The van der Waals surface area contributed by atoms with Crippen molar-refractivity contribution < 1.29 is 4.79 Å². The van der Waals surface area contributed by atoms with E-state index < -0.39 is 0 Å². The lowest BCUT2D eigenvalue weighted by molar-refractivity contribution is 0.0939. The maximum atomic E-state index is 12.0. The van der Waals surface area contributed by atoms with E-state index >= 15 is 0 Å². The second kappa shape index (κ2) is 5.46. The van der Waals surface area contributed by atoms with Gasteiger partial charge in [0.1, 0.15) is 0 Å². The lowest BCUT2D eigenvalue weighted by Gasteiger charge is -2.12. The molecule has 1 aliphatic rings. The van der Waals surface area contributed by atoms with E-state index in [0.29, 0.717) is 5.56 Å². The van der Waals surface area contributed by atoms with E-state index in [1.165, 1.54) is 0 Å². The van der Waals surface area contributed by atoms with E-state index in [1.54, 1.807) is 0 Å². The van der Waals surface area contributed by atoms with Crippen molar-refractivity contribution in [1.82, 2.24) is 10.6 Å². The first-order valence-corrected chi connectivity index (χ1v) is 7.00. The van der Waals surface area contributed by atoms with Gasteiger partial charge in [0.15, 0.2) is 0 Å². The molecule has 5 heteroatoms. The monoisotopic (exact) mass is 394 g/mol. The number of amides is 1. The third-order valence-electron chi connectivity index (χ3n) is 2.57. The van der Waals surface area contributed by atoms with Crippen LogP contribution in [0.15, 0.2) is 22.7 Å². The molecular weight excluding hydrogens is 383 g/mol. The van der Waals surface area contributed by atoms with Crippen LogP contribution in [0.2, 0.25) is 0 Å². The molecule has 0 aromatic heterocycles. The minimum Gasteiger partial charge on any atom is -0.348 e. The maximum absolute atomic E-state index is 12.0. The number of hydrogen-bond donors (Lipinski definition) is 2. The fourth-order valence-corrected chi connectivity index (χ4v) is 2.63. The van der Waals surface area contributed by atoms with Gasteiger partial charge in [-0.3, -0.25) is 4.79 Å². The molecule has 3 nitrogen and oxygen atoms in total. The largest absolute Gasteiger partial charge is 0.348 e. The van der Waals surface area contributed by atoms with E-state index in [1.807, 2.05) is 18.2 Å². The standard InChI is InChI=1S/C11H12BrIN2O/c12-10-2-1-7(13)5-9(10)11(16)15-8-3-4-14-6-8/h1-2,5,8,14H,3-4,6H2,(H,15,16)/t8-/m1/s1. The van der Waals surface area contributed by atoms with Crippen molar-refractivity contribution in [1.29, 1.82) is 0 Å². The van der Waals surface area contributed by atoms with E-state index in [0.717, 1.165) is 27.6 Å². The number of carbonyl (C=O) groups excluding carboxylic acids is 1. The van der Waals surface area contributed by atoms with Gasteiger partial charge in [-0.25, -0.2) is 0 Å². The molecule has 0 bridgehead atoms. The quantitative estimate of drug-likeness (QED) is 0.754. The fourth-order valence-electron chi connectivity index (χ4n) is 1.71. The Morgan fingerprint density at radius 2 is 2.38 bits per heavy atom. The molecule has 1 heterocycles. The topological polar surface area (TPSA) is 41.1 Å². The Morgan fingerprint density at radius 1 is 1.56 bits per heavy atom. The van der Waals surface area contributed by atoms with Crippen LogP contribution in [0.1, 0.15) is 16.8 Å². The van der Waals surface area contributed by atoms with Crippen molar-refractivity contribution in [2.24, 2.45) is 0 Å². The molecule has 1 aromatic carbocycles. The number of halogens is 2. The Labute approximate surface area is 117 Å². The number of carbonyl (C=O) groups is 1. The molecule has 0 radical (unpaired) electrons. The number of rotatable bonds is 2. The molecular formula is C11H12BrIN2O. The predicted molar refractivity (Wildman–Crippen MR) is 75.6 cm³/mol. The minimum absolute atomic E-state index is 0.000842. The Hall–Kier alpha value is -0.140. The number of hydrogen-bond acceptors (Lipinski definition) is 2. The summed E-state index contributed by atoms with van der Waals surface area (Å²) in [6.45, 7) is 1.85. The summed E-state index contributed by atoms with van der Waals surface area (Å²) in [5.41, 5.74) is 0.707. The van der Waals surface area contributed by atoms with Gasteiger partial charge in [-0.15, -0.1) is 0 Å². The van der Waals surface area contributed by atoms with Crippen LogP contribution in [0.4, 0.5) is 0 Å². The Bertz CT molecular complexity index is 405. The highest BCUT2D eigenvalue weighted by Gasteiger charge is 2.18. The summed E-state index contributed by atoms with van der Waals surface area (Å²) >= 11 is 5.61. The van der Waals surface area contributed by atoms with Crippen molar-refractivity contribution in [3.8, 4) is 0 Å². The van der Waals surface area contributed by atoms with E-state index in [2.05, 4.69) is 49.2 Å². The summed E-state index contributed by atoms with van der Waals surface area (Å²) in [6, 6.07) is 6.03. The highest BCUT2D eigenvalue weighted by Crippen LogP contribution is 2.19. The molecule has 0 unspecified atom stereocenters. The van der Waals surface area contributed by atoms with Gasteiger partial charge in [0.05, 0.1) is 5.56 Å². The lowest BCUT2D eigenvalue weighted by atomic mass is 10.2. The number of nitrogens with one attached hydrogen (secondary N) is 2. The molecule has 0 saturated carbocycles. The Balaban J connectivity index is 2.10. The molecule has 1 saturated heterocycles. The van der Waals surface area contributed by atoms with Crippen molar-refractivity contribution in [3.05, 3.63) is 31.8 Å². The Kier molecular flexibility index (Phi) is 4.21. The van der Waals surface area contributed by atoms with Crippen molar-refractivity contribution in [2.75, 3.05) is 13.1 Å². The van der Waals surface area contributed by atoms with Gasteiger partial charge in [0.2, 0.25) is 0 Å². The summed E-state index contributed by atoms with van der Waals surface area (Å²) in [4.78, 5) is 12.0. The van der Waals surface area contributed by atoms with Gasteiger partial charge < -0.3 is 10.6 Å². The molecule has 1 atom stereocenters. The number of benzene rings is 1. The van der Waals surface area contributed by atoms with Crippen LogP contribution in [-0.2, 0) is 0 Å². The first kappa shape index (κ1) is 12.3. The molecule has 16 heavy (non-hydrogen) atoms. The van der Waals surface area contributed by atoms with Crippen LogP contribution in [0, 0.1) is 3.57 Å². The van der Waals surface area contributed by atoms with Gasteiger partial charge >= 0.3 is 0 Å². The van der Waals surface area contributed by atoms with Gasteiger partial charge in [-0.2, -0.15) is 0 Å². The SMILES string of the molecule is O=C(N[C@@H]1CCNC1)c1cc(I)ccc1Br. The summed E-state index contributed by atoms with van der Waals surface area (Å²) in [5.74, 6) is -0.000842. The van der Waals surface area contributed by atoms with Crippen LogP contribution in [0.3, 0.4) is 0 Å². The van der Waals surface area contributed by atoms with E-state index in [4.69, 9.17) is 0 Å². The summed E-state index contributed by atoms with van der Waals surface area (Å²) in [7, 11) is 0. The minimum atomic E-state index is -0.000842. The molecule has 1 amide bonds. The summed E-state index contributed by atoms with van der Waals surface area (Å²) in [5, 5.41) is 6.26. The second-order valence-corrected chi connectivity index (χ2v) is 5.89. The molecule has 1 aliphatic heterocycles. The van der Waals surface area contributed by atoms with Crippen molar-refractivity contribution >= 4 is 44.4 Å². The first-order valence-electron chi connectivity index (χ1n) is 5.13. The van der Waals surface area contributed by atoms with Crippen LogP contribution in [0.25, 0.3) is 0 Å². The third kappa shape index (κ3) is 2.95. The van der Waals surface area contributed by atoms with E-state index in [-0.39, 0.29) is 11.9 Å². The summed E-state index contributed by atoms with van der Waals surface area (Å²) in [6.07, 6.45) is 1.01. The van der Waals surface area contributed by atoms with Gasteiger partial charge in [0, 0.05) is 20.6 Å². The zero-order valence-electron chi connectivity index (χ0n) is 8.59. The normalized spacial score (nSPS) is 19.8. The van der Waals surface area contributed by atoms with Crippen LogP contribution < -0.4 is 10.6 Å². The predicted octanol–water partition coefficient (Wildman–Crippen LogP) is 2.15. The molecule has 0 aliphatic carbocycles. The van der Waals surface area contributed by atoms with Crippen LogP contribution >= 0.6 is 38.5 Å². The fraction of sp³-hybridized carbons (Fsp3) is 0.364. The van der Waals surface area contributed by atoms with Gasteiger partial charge in [0.25, 0.3) is 5.91 Å². The molecule has 1 fully saturated rings. The van der Waals surface area contributed by atoms with Gasteiger partial charge in [-0.1, -0.05) is 0 Å². The smallest absolute Gasteiger partial charge is 0.252 e. The average Bonchev–Trinajstić information content (AvgIpc) is 2.74. The zero-order chi connectivity index (χ0) is 11.5. The highest BCUT2D eigenvalue weighted by molar-refractivity contribution is 14.1. The molecule has 1 aromatic rings. The van der Waals surface area contributed by atoms with Gasteiger partial charge in [-0.05, 0) is 69.7 Å². The molecule has 86 valence electrons. The third-order valence-corrected chi connectivity index (χ3v) is 3.93.